The zero-order valence-electron chi connectivity index (χ0n) is 11.9. The van der Waals surface area contributed by atoms with Crippen LogP contribution in [0.5, 0.6) is 0 Å². The average Bonchev–Trinajstić information content (AvgIpc) is 2.46. The Bertz CT molecular complexity index is 364. The number of unbranched alkanes of at least 4 members (excludes halogenated alkanes) is 5. The van der Waals surface area contributed by atoms with E-state index in [0.717, 1.165) is 6.42 Å². The molecule has 1 aromatic heterocycles. The van der Waals surface area contributed by atoms with Crippen molar-refractivity contribution in [3.8, 4) is 0 Å². The minimum atomic E-state index is -0.149. The Kier molecular flexibility index (Phi) is 7.54. The lowest BCUT2D eigenvalue weighted by atomic mass is 10.1. The van der Waals surface area contributed by atoms with Crippen LogP contribution in [0.15, 0.2) is 12.1 Å². The molecule has 0 aromatic carbocycles. The molecule has 19 heavy (non-hydrogen) atoms. The summed E-state index contributed by atoms with van der Waals surface area (Å²) in [5, 5.41) is 13.5. The van der Waals surface area contributed by atoms with E-state index in [2.05, 4.69) is 27.8 Å². The first kappa shape index (κ1) is 15.4. The van der Waals surface area contributed by atoms with Crippen molar-refractivity contribution >= 4 is 11.7 Å². The number of aromatic nitrogens is 2. The number of nitrogens with one attached hydrogen (secondary N) is 2. The summed E-state index contributed by atoms with van der Waals surface area (Å²) in [5.41, 5.74) is 0.366. The third kappa shape index (κ3) is 6.18. The fourth-order valence-corrected chi connectivity index (χ4v) is 1.78. The Balaban J connectivity index is 2.16. The highest BCUT2D eigenvalue weighted by molar-refractivity contribution is 5.92. The molecule has 0 spiro atoms. The number of nitrogens with zero attached hydrogens (tertiary/aromatic N) is 2. The summed E-state index contributed by atoms with van der Waals surface area (Å²) in [4.78, 5) is 11.7. The van der Waals surface area contributed by atoms with E-state index < -0.39 is 0 Å². The summed E-state index contributed by atoms with van der Waals surface area (Å²) in [5.74, 6) is 0.510. The van der Waals surface area contributed by atoms with Gasteiger partial charge >= 0.3 is 0 Å². The maximum Gasteiger partial charge on any atom is 0.271 e. The summed E-state index contributed by atoms with van der Waals surface area (Å²) < 4.78 is 0. The van der Waals surface area contributed by atoms with E-state index in [1.54, 1.807) is 19.2 Å². The van der Waals surface area contributed by atoms with Crippen molar-refractivity contribution in [1.29, 1.82) is 0 Å². The summed E-state index contributed by atoms with van der Waals surface area (Å²) in [7, 11) is 1.77. The average molecular weight is 264 g/mol. The molecule has 0 atom stereocenters. The smallest absolute Gasteiger partial charge is 0.271 e. The Morgan fingerprint density at radius 3 is 2.47 bits per heavy atom. The highest BCUT2D eigenvalue weighted by atomic mass is 16.1. The van der Waals surface area contributed by atoms with E-state index in [-0.39, 0.29) is 5.91 Å². The van der Waals surface area contributed by atoms with Gasteiger partial charge in [0.05, 0.1) is 0 Å². The predicted molar refractivity (Wildman–Crippen MR) is 77.3 cm³/mol. The molecule has 1 rings (SSSR count). The van der Waals surface area contributed by atoms with Gasteiger partial charge in [0.25, 0.3) is 5.91 Å². The number of carbonyl (C=O) groups excluding carboxylic acids is 1. The van der Waals surface area contributed by atoms with E-state index in [1.165, 1.54) is 32.1 Å². The topological polar surface area (TPSA) is 66.9 Å². The number of amides is 1. The van der Waals surface area contributed by atoms with Crippen LogP contribution in [-0.4, -0.2) is 29.7 Å². The zero-order valence-corrected chi connectivity index (χ0v) is 11.9. The van der Waals surface area contributed by atoms with Crippen molar-refractivity contribution in [3.05, 3.63) is 17.8 Å². The first-order chi connectivity index (χ1) is 9.27. The molecule has 0 saturated heterocycles. The van der Waals surface area contributed by atoms with Gasteiger partial charge in [-0.3, -0.25) is 4.79 Å². The number of carbonyl (C=O) groups is 1. The molecule has 2 N–H and O–H groups in total. The van der Waals surface area contributed by atoms with Gasteiger partial charge in [-0.15, -0.1) is 10.2 Å². The molecule has 1 heterocycles. The molecule has 5 heteroatoms. The molecule has 0 fully saturated rings. The summed E-state index contributed by atoms with van der Waals surface area (Å²) >= 11 is 0. The maximum atomic E-state index is 11.7. The molecule has 0 bridgehead atoms. The van der Waals surface area contributed by atoms with Crippen LogP contribution in [0, 0.1) is 0 Å². The molecule has 0 aliphatic carbocycles. The van der Waals surface area contributed by atoms with Crippen LogP contribution in [0.4, 0.5) is 5.82 Å². The Morgan fingerprint density at radius 1 is 1.11 bits per heavy atom. The van der Waals surface area contributed by atoms with Crippen LogP contribution < -0.4 is 10.6 Å². The summed E-state index contributed by atoms with van der Waals surface area (Å²) in [6, 6.07) is 3.42. The minimum Gasteiger partial charge on any atom is -0.372 e. The highest BCUT2D eigenvalue weighted by Gasteiger charge is 2.06. The van der Waals surface area contributed by atoms with Gasteiger partial charge in [0, 0.05) is 13.6 Å². The molecule has 0 aliphatic rings. The van der Waals surface area contributed by atoms with Crippen LogP contribution in [0.25, 0.3) is 0 Å². The molecular weight excluding hydrogens is 240 g/mol. The van der Waals surface area contributed by atoms with Crippen LogP contribution in [-0.2, 0) is 0 Å². The van der Waals surface area contributed by atoms with E-state index >= 15 is 0 Å². The third-order valence-corrected chi connectivity index (χ3v) is 2.97. The normalized spacial score (nSPS) is 10.2. The summed E-state index contributed by atoms with van der Waals surface area (Å²) in [6.45, 7) is 2.92. The largest absolute Gasteiger partial charge is 0.372 e. The minimum absolute atomic E-state index is 0.149. The van der Waals surface area contributed by atoms with Crippen LogP contribution >= 0.6 is 0 Å². The van der Waals surface area contributed by atoms with Gasteiger partial charge in [-0.2, -0.15) is 0 Å². The van der Waals surface area contributed by atoms with Crippen molar-refractivity contribution in [2.24, 2.45) is 0 Å². The molecule has 0 saturated carbocycles. The van der Waals surface area contributed by atoms with E-state index in [9.17, 15) is 4.79 Å². The highest BCUT2D eigenvalue weighted by Crippen LogP contribution is 2.04. The lowest BCUT2D eigenvalue weighted by Crippen LogP contribution is -2.25. The van der Waals surface area contributed by atoms with Gasteiger partial charge in [0.1, 0.15) is 5.82 Å². The molecule has 0 aliphatic heterocycles. The van der Waals surface area contributed by atoms with Gasteiger partial charge in [0.15, 0.2) is 5.69 Å². The monoisotopic (exact) mass is 264 g/mol. The zero-order chi connectivity index (χ0) is 13.9. The Morgan fingerprint density at radius 2 is 1.84 bits per heavy atom. The van der Waals surface area contributed by atoms with Crippen molar-refractivity contribution in [1.82, 2.24) is 15.5 Å². The van der Waals surface area contributed by atoms with E-state index in [0.29, 0.717) is 18.1 Å². The van der Waals surface area contributed by atoms with E-state index in [1.807, 2.05) is 0 Å². The fraction of sp³-hybridized carbons (Fsp3) is 0.643. The molecule has 1 aromatic rings. The number of hydrogen-bond donors (Lipinski definition) is 2. The standard InChI is InChI=1S/C14H24N4O/c1-3-4-5-6-7-8-11-16-14(19)12-9-10-13(15-2)18-17-12/h9-10H,3-8,11H2,1-2H3,(H,15,18)(H,16,19). The lowest BCUT2D eigenvalue weighted by molar-refractivity contribution is 0.0947. The molecule has 1 amide bonds. The molecule has 106 valence electrons. The Hall–Kier alpha value is -1.65. The van der Waals surface area contributed by atoms with Gasteiger partial charge in [0.2, 0.25) is 0 Å². The molecule has 5 nitrogen and oxygen atoms in total. The van der Waals surface area contributed by atoms with Crippen LogP contribution in [0.3, 0.4) is 0 Å². The van der Waals surface area contributed by atoms with Crippen LogP contribution in [0.1, 0.15) is 55.9 Å². The third-order valence-electron chi connectivity index (χ3n) is 2.97. The van der Waals surface area contributed by atoms with Crippen LogP contribution in [0.2, 0.25) is 0 Å². The second-order valence-electron chi connectivity index (χ2n) is 4.58. The molecular formula is C14H24N4O. The number of anilines is 1. The quantitative estimate of drug-likeness (QED) is 0.673. The SMILES string of the molecule is CCCCCCCCNC(=O)c1ccc(NC)nn1. The van der Waals surface area contributed by atoms with Crippen molar-refractivity contribution in [3.63, 3.8) is 0 Å². The second kappa shape index (κ2) is 9.30. The number of rotatable bonds is 9. The van der Waals surface area contributed by atoms with Crippen molar-refractivity contribution < 1.29 is 4.79 Å². The lowest BCUT2D eigenvalue weighted by Gasteiger charge is -2.05. The van der Waals surface area contributed by atoms with Gasteiger partial charge in [-0.1, -0.05) is 39.0 Å². The first-order valence-corrected chi connectivity index (χ1v) is 7.07. The van der Waals surface area contributed by atoms with Gasteiger partial charge in [-0.05, 0) is 18.6 Å². The molecule has 0 radical (unpaired) electrons. The fourth-order valence-electron chi connectivity index (χ4n) is 1.78. The Labute approximate surface area is 115 Å². The second-order valence-corrected chi connectivity index (χ2v) is 4.58. The van der Waals surface area contributed by atoms with Crippen molar-refractivity contribution in [2.75, 3.05) is 18.9 Å². The number of hydrogen-bond acceptors (Lipinski definition) is 4. The molecule has 0 unspecified atom stereocenters. The van der Waals surface area contributed by atoms with Crippen molar-refractivity contribution in [2.45, 2.75) is 45.4 Å². The van der Waals surface area contributed by atoms with Gasteiger partial charge in [-0.25, -0.2) is 0 Å². The maximum absolute atomic E-state index is 11.7. The first-order valence-electron chi connectivity index (χ1n) is 7.07. The van der Waals surface area contributed by atoms with E-state index in [4.69, 9.17) is 0 Å². The summed E-state index contributed by atoms with van der Waals surface area (Å²) in [6.07, 6.45) is 7.31. The van der Waals surface area contributed by atoms with Gasteiger partial charge < -0.3 is 10.6 Å². The predicted octanol–water partition coefficient (Wildman–Crippen LogP) is 2.61.